The van der Waals surface area contributed by atoms with E-state index in [1.807, 2.05) is 19.2 Å². The van der Waals surface area contributed by atoms with E-state index in [-0.39, 0.29) is 17.1 Å². The number of aromatic hydroxyl groups is 1. The topological polar surface area (TPSA) is 40.5 Å². The molecule has 0 fully saturated rings. The molecule has 0 aliphatic carbocycles. The van der Waals surface area contributed by atoms with Gasteiger partial charge in [-0.05, 0) is 29.0 Å². The van der Waals surface area contributed by atoms with Crippen LogP contribution in [-0.4, -0.2) is 23.0 Å². The van der Waals surface area contributed by atoms with Gasteiger partial charge in [-0.25, -0.2) is 0 Å². The molecule has 0 heterocycles. The van der Waals surface area contributed by atoms with Crippen molar-refractivity contribution in [1.29, 1.82) is 0 Å². The average molecular weight is 263 g/mol. The summed E-state index contributed by atoms with van der Waals surface area (Å²) in [7, 11) is 1.82. The Morgan fingerprint density at radius 2 is 1.79 bits per heavy atom. The van der Waals surface area contributed by atoms with Crippen LogP contribution in [0.15, 0.2) is 24.3 Å². The van der Waals surface area contributed by atoms with Crippen LogP contribution in [-0.2, 0) is 11.3 Å². The number of rotatable bonds is 4. The van der Waals surface area contributed by atoms with E-state index in [0.29, 0.717) is 18.9 Å². The molecule has 0 aliphatic rings. The molecule has 0 radical (unpaired) electrons. The Hall–Kier alpha value is -1.51. The Morgan fingerprint density at radius 3 is 2.26 bits per heavy atom. The van der Waals surface area contributed by atoms with Gasteiger partial charge in [0.2, 0.25) is 5.91 Å². The Morgan fingerprint density at radius 1 is 1.26 bits per heavy atom. The molecule has 0 spiro atoms. The number of carbonyl (C=O) groups excluding carboxylic acids is 1. The van der Waals surface area contributed by atoms with Crippen LogP contribution in [0.25, 0.3) is 0 Å². The minimum Gasteiger partial charge on any atom is -0.508 e. The van der Waals surface area contributed by atoms with Gasteiger partial charge in [-0.2, -0.15) is 0 Å². The van der Waals surface area contributed by atoms with E-state index in [4.69, 9.17) is 0 Å². The van der Waals surface area contributed by atoms with Gasteiger partial charge in [0.25, 0.3) is 0 Å². The number of nitrogens with zero attached hydrogens (tertiary/aromatic N) is 1. The summed E-state index contributed by atoms with van der Waals surface area (Å²) in [5.41, 5.74) is 1.17. The normalized spacial score (nSPS) is 13.1. The Bertz CT molecular complexity index is 417. The Kier molecular flexibility index (Phi) is 4.98. The van der Waals surface area contributed by atoms with Crippen molar-refractivity contribution in [3.05, 3.63) is 29.8 Å². The fourth-order valence-corrected chi connectivity index (χ4v) is 1.69. The van der Waals surface area contributed by atoms with E-state index in [9.17, 15) is 9.90 Å². The average Bonchev–Trinajstić information content (AvgIpc) is 2.30. The van der Waals surface area contributed by atoms with Crippen LogP contribution < -0.4 is 0 Å². The molecule has 1 aromatic rings. The maximum atomic E-state index is 12.1. The van der Waals surface area contributed by atoms with E-state index in [1.165, 1.54) is 0 Å². The van der Waals surface area contributed by atoms with Crippen LogP contribution in [0, 0.1) is 11.3 Å². The van der Waals surface area contributed by atoms with Crippen molar-refractivity contribution >= 4 is 5.91 Å². The van der Waals surface area contributed by atoms with E-state index in [1.54, 1.807) is 17.0 Å². The van der Waals surface area contributed by atoms with Gasteiger partial charge in [0, 0.05) is 20.0 Å². The molecule has 0 aromatic heterocycles. The van der Waals surface area contributed by atoms with Crippen molar-refractivity contribution in [1.82, 2.24) is 4.90 Å². The van der Waals surface area contributed by atoms with Gasteiger partial charge in [-0.1, -0.05) is 39.8 Å². The number of carbonyl (C=O) groups is 1. The quantitative estimate of drug-likeness (QED) is 0.904. The van der Waals surface area contributed by atoms with Gasteiger partial charge in [0.15, 0.2) is 0 Å². The second-order valence-corrected chi connectivity index (χ2v) is 6.39. The minimum absolute atomic E-state index is 0.148. The molecular weight excluding hydrogens is 238 g/mol. The predicted molar refractivity (Wildman–Crippen MR) is 77.8 cm³/mol. The molecule has 1 atom stereocenters. The maximum Gasteiger partial charge on any atom is 0.222 e. The third-order valence-electron chi connectivity index (χ3n) is 3.74. The molecule has 1 rings (SSSR count). The molecule has 3 heteroatoms. The van der Waals surface area contributed by atoms with Gasteiger partial charge >= 0.3 is 0 Å². The van der Waals surface area contributed by atoms with Crippen LogP contribution in [0.5, 0.6) is 5.75 Å². The molecule has 1 amide bonds. The Balaban J connectivity index is 2.56. The summed E-state index contributed by atoms with van der Waals surface area (Å²) < 4.78 is 0. The monoisotopic (exact) mass is 263 g/mol. The lowest BCUT2D eigenvalue weighted by atomic mass is 9.80. The fraction of sp³-hybridized carbons (Fsp3) is 0.562. The molecule has 106 valence electrons. The first kappa shape index (κ1) is 15.5. The molecular formula is C16H25NO2. The molecule has 1 aromatic carbocycles. The van der Waals surface area contributed by atoms with E-state index >= 15 is 0 Å². The summed E-state index contributed by atoms with van der Waals surface area (Å²) in [6.45, 7) is 9.17. The number of hydrogen-bond acceptors (Lipinski definition) is 2. The summed E-state index contributed by atoms with van der Waals surface area (Å²) in [5.74, 6) is 0.761. The maximum absolute atomic E-state index is 12.1. The van der Waals surface area contributed by atoms with E-state index in [0.717, 1.165) is 5.56 Å². The summed E-state index contributed by atoms with van der Waals surface area (Å²) in [4.78, 5) is 13.9. The molecule has 0 saturated carbocycles. The zero-order chi connectivity index (χ0) is 14.6. The summed E-state index contributed by atoms with van der Waals surface area (Å²) in [5, 5.41) is 9.23. The van der Waals surface area contributed by atoms with Crippen LogP contribution in [0.4, 0.5) is 0 Å². The highest BCUT2D eigenvalue weighted by molar-refractivity contribution is 5.76. The second-order valence-electron chi connectivity index (χ2n) is 6.39. The van der Waals surface area contributed by atoms with Crippen LogP contribution in [0.2, 0.25) is 0 Å². The third-order valence-corrected chi connectivity index (χ3v) is 3.74. The first-order chi connectivity index (χ1) is 8.70. The molecule has 3 nitrogen and oxygen atoms in total. The summed E-state index contributed by atoms with van der Waals surface area (Å²) >= 11 is 0. The van der Waals surface area contributed by atoms with Crippen LogP contribution in [0.1, 0.15) is 39.7 Å². The smallest absolute Gasteiger partial charge is 0.222 e. The van der Waals surface area contributed by atoms with Gasteiger partial charge < -0.3 is 10.0 Å². The van der Waals surface area contributed by atoms with Gasteiger partial charge in [-0.15, -0.1) is 0 Å². The number of amides is 1. The van der Waals surface area contributed by atoms with Crippen LogP contribution in [0.3, 0.4) is 0 Å². The van der Waals surface area contributed by atoms with Crippen molar-refractivity contribution in [3.63, 3.8) is 0 Å². The fourth-order valence-electron chi connectivity index (χ4n) is 1.69. The summed E-state index contributed by atoms with van der Waals surface area (Å²) in [6, 6.07) is 6.97. The zero-order valence-electron chi connectivity index (χ0n) is 12.6. The number of phenolic OH excluding ortho intramolecular Hbond substituents is 1. The predicted octanol–water partition coefficient (Wildman–Crippen LogP) is 3.42. The highest BCUT2D eigenvalue weighted by Gasteiger charge is 2.23. The number of phenols is 1. The molecule has 0 bridgehead atoms. The van der Waals surface area contributed by atoms with Crippen molar-refractivity contribution in [2.45, 2.75) is 40.7 Å². The number of benzene rings is 1. The van der Waals surface area contributed by atoms with Gasteiger partial charge in [0.05, 0.1) is 0 Å². The van der Waals surface area contributed by atoms with Gasteiger partial charge in [0.1, 0.15) is 5.75 Å². The highest BCUT2D eigenvalue weighted by Crippen LogP contribution is 2.28. The molecule has 0 aliphatic heterocycles. The third kappa shape index (κ3) is 4.93. The lowest BCUT2D eigenvalue weighted by molar-refractivity contribution is -0.132. The van der Waals surface area contributed by atoms with Crippen molar-refractivity contribution in [3.8, 4) is 5.75 Å². The second kappa shape index (κ2) is 6.09. The first-order valence-electron chi connectivity index (χ1n) is 6.72. The summed E-state index contributed by atoms with van der Waals surface area (Å²) in [6.07, 6.45) is 0.568. The zero-order valence-corrected chi connectivity index (χ0v) is 12.6. The van der Waals surface area contributed by atoms with E-state index in [2.05, 4.69) is 27.7 Å². The SMILES string of the molecule is CC(CC(=O)N(C)Cc1ccc(O)cc1)C(C)(C)C. The van der Waals surface area contributed by atoms with Crippen molar-refractivity contribution < 1.29 is 9.90 Å². The lowest BCUT2D eigenvalue weighted by Crippen LogP contribution is -2.30. The molecule has 0 saturated heterocycles. The molecule has 1 unspecified atom stereocenters. The van der Waals surface area contributed by atoms with Crippen LogP contribution >= 0.6 is 0 Å². The molecule has 19 heavy (non-hydrogen) atoms. The standard InChI is InChI=1S/C16H25NO2/c1-12(16(2,3)4)10-15(19)17(5)11-13-6-8-14(18)9-7-13/h6-9,12,18H,10-11H2,1-5H3. The highest BCUT2D eigenvalue weighted by atomic mass is 16.3. The minimum atomic E-state index is 0.148. The van der Waals surface area contributed by atoms with E-state index < -0.39 is 0 Å². The van der Waals surface area contributed by atoms with Crippen molar-refractivity contribution in [2.24, 2.45) is 11.3 Å². The number of hydrogen-bond donors (Lipinski definition) is 1. The molecule has 1 N–H and O–H groups in total. The lowest BCUT2D eigenvalue weighted by Gasteiger charge is -2.28. The van der Waals surface area contributed by atoms with Crippen molar-refractivity contribution in [2.75, 3.05) is 7.05 Å². The van der Waals surface area contributed by atoms with Gasteiger partial charge in [-0.3, -0.25) is 4.79 Å². The Labute approximate surface area is 116 Å². The first-order valence-corrected chi connectivity index (χ1v) is 6.72. The largest absolute Gasteiger partial charge is 0.508 e.